The minimum Gasteiger partial charge on any atom is -0.343 e. The highest BCUT2D eigenvalue weighted by Gasteiger charge is 2.35. The number of carbonyl (C=O) groups is 1. The van der Waals surface area contributed by atoms with Gasteiger partial charge >= 0.3 is 0 Å². The van der Waals surface area contributed by atoms with Crippen LogP contribution in [0.15, 0.2) is 24.4 Å². The van der Waals surface area contributed by atoms with E-state index in [1.807, 2.05) is 25.1 Å². The quantitative estimate of drug-likeness (QED) is 0.764. The maximum atomic E-state index is 10.9. The van der Waals surface area contributed by atoms with Gasteiger partial charge in [0.2, 0.25) is 5.91 Å². The Hall–Kier alpha value is -1.03. The van der Waals surface area contributed by atoms with E-state index in [0.29, 0.717) is 0 Å². The highest BCUT2D eigenvalue weighted by Crippen LogP contribution is 2.27. The van der Waals surface area contributed by atoms with Crippen LogP contribution in [0.5, 0.6) is 0 Å². The predicted octanol–water partition coefficient (Wildman–Crippen LogP) is 1.41. The number of amides is 1. The van der Waals surface area contributed by atoms with Gasteiger partial charge in [0.25, 0.3) is 0 Å². The van der Waals surface area contributed by atoms with E-state index in [2.05, 4.69) is 10.3 Å². The Labute approximate surface area is 87.3 Å². The molecule has 2 atom stereocenters. The lowest BCUT2D eigenvalue weighted by molar-refractivity contribution is -0.131. The Morgan fingerprint density at radius 1 is 1.57 bits per heavy atom. The molecule has 0 unspecified atom stereocenters. The molecule has 0 aromatic carbocycles. The van der Waals surface area contributed by atoms with Crippen LogP contribution >= 0.6 is 11.8 Å². The van der Waals surface area contributed by atoms with Crippen molar-refractivity contribution in [3.05, 3.63) is 30.1 Å². The second-order valence-electron chi connectivity index (χ2n) is 3.35. The molecular weight excluding hydrogens is 196 g/mol. The molecular formula is C10H12N2OS. The molecule has 4 heteroatoms. The summed E-state index contributed by atoms with van der Waals surface area (Å²) in [5.74, 6) is 1.16. The van der Waals surface area contributed by atoms with Crippen LogP contribution in [-0.4, -0.2) is 16.3 Å². The minimum absolute atomic E-state index is 0.142. The predicted molar refractivity (Wildman–Crippen MR) is 56.6 cm³/mol. The van der Waals surface area contributed by atoms with Gasteiger partial charge in [-0.25, -0.2) is 0 Å². The summed E-state index contributed by atoms with van der Waals surface area (Å²) < 4.78 is 0. The number of hydrogen-bond donors (Lipinski definition) is 1. The summed E-state index contributed by atoms with van der Waals surface area (Å²) in [6, 6.07) is 5.88. The number of aromatic nitrogens is 1. The van der Waals surface area contributed by atoms with E-state index in [1.165, 1.54) is 0 Å². The van der Waals surface area contributed by atoms with E-state index in [4.69, 9.17) is 0 Å². The molecule has 1 aromatic heterocycles. The number of nitrogens with one attached hydrogen (secondary N) is 1. The fraction of sp³-hybridized carbons (Fsp3) is 0.400. The average Bonchev–Trinajstić information content (AvgIpc) is 2.25. The molecule has 0 bridgehead atoms. The topological polar surface area (TPSA) is 42.0 Å². The van der Waals surface area contributed by atoms with Crippen molar-refractivity contribution in [2.45, 2.75) is 18.1 Å². The molecule has 1 N–H and O–H groups in total. The van der Waals surface area contributed by atoms with E-state index in [0.717, 1.165) is 11.4 Å². The van der Waals surface area contributed by atoms with Gasteiger partial charge in [0.05, 0.1) is 17.0 Å². The van der Waals surface area contributed by atoms with Crippen LogP contribution in [0.3, 0.4) is 0 Å². The van der Waals surface area contributed by atoms with Gasteiger partial charge in [-0.3, -0.25) is 9.78 Å². The van der Waals surface area contributed by atoms with Crippen molar-refractivity contribution in [3.63, 3.8) is 0 Å². The fourth-order valence-corrected chi connectivity index (χ4v) is 2.42. The maximum absolute atomic E-state index is 10.9. The third kappa shape index (κ3) is 1.90. The molecule has 1 aliphatic rings. The molecule has 1 saturated heterocycles. The second kappa shape index (κ2) is 4.00. The largest absolute Gasteiger partial charge is 0.343 e. The van der Waals surface area contributed by atoms with Gasteiger partial charge in [0.15, 0.2) is 0 Å². The van der Waals surface area contributed by atoms with Crippen LogP contribution < -0.4 is 5.32 Å². The van der Waals surface area contributed by atoms with Crippen LogP contribution in [0.25, 0.3) is 0 Å². The van der Waals surface area contributed by atoms with Gasteiger partial charge < -0.3 is 5.32 Å². The van der Waals surface area contributed by atoms with Gasteiger partial charge in [-0.1, -0.05) is 13.0 Å². The summed E-state index contributed by atoms with van der Waals surface area (Å²) in [6.45, 7) is 1.95. The Bertz CT molecular complexity index is 328. The zero-order valence-corrected chi connectivity index (χ0v) is 8.75. The van der Waals surface area contributed by atoms with Crippen molar-refractivity contribution < 1.29 is 4.79 Å². The third-order valence-electron chi connectivity index (χ3n) is 2.29. The van der Waals surface area contributed by atoms with Gasteiger partial charge in [-0.15, -0.1) is 11.8 Å². The van der Waals surface area contributed by atoms with E-state index in [9.17, 15) is 4.79 Å². The van der Waals surface area contributed by atoms with Gasteiger partial charge in [0.1, 0.15) is 0 Å². The zero-order chi connectivity index (χ0) is 9.97. The molecule has 0 saturated carbocycles. The minimum atomic E-state index is 0.142. The Morgan fingerprint density at radius 2 is 2.43 bits per heavy atom. The SMILES string of the molecule is C[C@@H]1C(=O)N[C@H]1SCc1ccccn1. The monoisotopic (exact) mass is 208 g/mol. The molecule has 0 spiro atoms. The molecule has 14 heavy (non-hydrogen) atoms. The van der Waals surface area contributed by atoms with Crippen LogP contribution in [0.2, 0.25) is 0 Å². The summed E-state index contributed by atoms with van der Waals surface area (Å²) in [7, 11) is 0. The van der Waals surface area contributed by atoms with Crippen molar-refractivity contribution in [2.75, 3.05) is 0 Å². The van der Waals surface area contributed by atoms with Crippen molar-refractivity contribution in [3.8, 4) is 0 Å². The lowest BCUT2D eigenvalue weighted by Gasteiger charge is -2.33. The van der Waals surface area contributed by atoms with Gasteiger partial charge in [-0.2, -0.15) is 0 Å². The summed E-state index contributed by atoms with van der Waals surface area (Å²) in [6.07, 6.45) is 1.79. The van der Waals surface area contributed by atoms with E-state index in [-0.39, 0.29) is 17.2 Å². The first-order chi connectivity index (χ1) is 6.77. The van der Waals surface area contributed by atoms with Crippen molar-refractivity contribution in [1.29, 1.82) is 0 Å². The van der Waals surface area contributed by atoms with Crippen LogP contribution in [-0.2, 0) is 10.5 Å². The summed E-state index contributed by atoms with van der Waals surface area (Å²) in [5, 5.41) is 3.13. The first kappa shape index (κ1) is 9.52. The second-order valence-corrected chi connectivity index (χ2v) is 4.48. The molecule has 1 aliphatic heterocycles. The Balaban J connectivity index is 1.81. The molecule has 1 aromatic rings. The Kier molecular flexibility index (Phi) is 2.72. The van der Waals surface area contributed by atoms with Crippen molar-refractivity contribution in [2.24, 2.45) is 5.92 Å². The van der Waals surface area contributed by atoms with E-state index >= 15 is 0 Å². The highest BCUT2D eigenvalue weighted by molar-refractivity contribution is 7.99. The summed E-state index contributed by atoms with van der Waals surface area (Å²) >= 11 is 1.73. The summed E-state index contributed by atoms with van der Waals surface area (Å²) in [4.78, 5) is 15.1. The molecule has 0 radical (unpaired) electrons. The summed E-state index contributed by atoms with van der Waals surface area (Å²) in [5.41, 5.74) is 1.06. The van der Waals surface area contributed by atoms with E-state index in [1.54, 1.807) is 18.0 Å². The van der Waals surface area contributed by atoms with Crippen molar-refractivity contribution in [1.82, 2.24) is 10.3 Å². The number of nitrogens with zero attached hydrogens (tertiary/aromatic N) is 1. The molecule has 2 heterocycles. The number of rotatable bonds is 3. The number of hydrogen-bond acceptors (Lipinski definition) is 3. The number of pyridine rings is 1. The fourth-order valence-electron chi connectivity index (χ4n) is 1.28. The van der Waals surface area contributed by atoms with Gasteiger partial charge in [0, 0.05) is 11.9 Å². The molecule has 1 fully saturated rings. The number of thioether (sulfide) groups is 1. The van der Waals surface area contributed by atoms with Crippen LogP contribution in [0, 0.1) is 5.92 Å². The third-order valence-corrected chi connectivity index (χ3v) is 3.64. The standard InChI is InChI=1S/C10H12N2OS/c1-7-9(13)12-10(7)14-6-8-4-2-3-5-11-8/h2-5,7,10H,6H2,1H3,(H,12,13)/t7-,10+/m1/s1. The molecule has 3 nitrogen and oxygen atoms in total. The van der Waals surface area contributed by atoms with Crippen LogP contribution in [0.4, 0.5) is 0 Å². The van der Waals surface area contributed by atoms with Crippen LogP contribution in [0.1, 0.15) is 12.6 Å². The normalized spacial score (nSPS) is 25.4. The van der Waals surface area contributed by atoms with Crippen molar-refractivity contribution >= 4 is 17.7 Å². The zero-order valence-electron chi connectivity index (χ0n) is 7.93. The molecule has 1 amide bonds. The Morgan fingerprint density at radius 3 is 3.00 bits per heavy atom. The number of β-lactam (4-membered cyclic amide) rings is 1. The molecule has 0 aliphatic carbocycles. The highest BCUT2D eigenvalue weighted by atomic mass is 32.2. The maximum Gasteiger partial charge on any atom is 0.226 e. The lowest BCUT2D eigenvalue weighted by Crippen LogP contribution is -2.54. The smallest absolute Gasteiger partial charge is 0.226 e. The first-order valence-corrected chi connectivity index (χ1v) is 5.64. The van der Waals surface area contributed by atoms with E-state index < -0.39 is 0 Å². The average molecular weight is 208 g/mol. The number of carbonyl (C=O) groups excluding carboxylic acids is 1. The van der Waals surface area contributed by atoms with Gasteiger partial charge in [-0.05, 0) is 12.1 Å². The molecule has 74 valence electrons. The molecule has 2 rings (SSSR count). The lowest BCUT2D eigenvalue weighted by atomic mass is 10.1. The first-order valence-electron chi connectivity index (χ1n) is 4.59.